The van der Waals surface area contributed by atoms with Crippen LogP contribution in [-0.4, -0.2) is 39.8 Å². The summed E-state index contributed by atoms with van der Waals surface area (Å²) in [6, 6.07) is 22.6. The molecule has 0 amide bonds. The summed E-state index contributed by atoms with van der Waals surface area (Å²) in [7, 11) is -3.78. The number of fused-ring (bicyclic) bond motifs is 1. The number of benzene rings is 2. The number of hydrogen-bond acceptors (Lipinski definition) is 7. The maximum Gasteiger partial charge on any atom is 0.261 e. The Labute approximate surface area is 208 Å². The number of unbranched alkanes of at least 4 members (excludes halogenated alkanes) is 1. The molecule has 36 heavy (non-hydrogen) atoms. The second-order valence-electron chi connectivity index (χ2n) is 8.09. The Balaban J connectivity index is 1.39. The maximum absolute atomic E-state index is 13.0. The van der Waals surface area contributed by atoms with E-state index >= 15 is 0 Å². The van der Waals surface area contributed by atoms with Crippen LogP contribution in [0.1, 0.15) is 19.8 Å². The molecule has 0 saturated carbocycles. The van der Waals surface area contributed by atoms with Gasteiger partial charge < -0.3 is 4.74 Å². The third-order valence-corrected chi connectivity index (χ3v) is 6.87. The highest BCUT2D eigenvalue weighted by molar-refractivity contribution is 7.92. The van der Waals surface area contributed by atoms with Gasteiger partial charge in [0.25, 0.3) is 10.0 Å². The highest BCUT2D eigenvalue weighted by Gasteiger charge is 2.16. The monoisotopic (exact) mass is 500 g/mol. The van der Waals surface area contributed by atoms with Gasteiger partial charge in [-0.2, -0.15) is 9.61 Å². The smallest absolute Gasteiger partial charge is 0.261 e. The summed E-state index contributed by atoms with van der Waals surface area (Å²) in [5.41, 5.74) is 3.02. The second-order valence-corrected chi connectivity index (χ2v) is 9.77. The van der Waals surface area contributed by atoms with Gasteiger partial charge in [0.2, 0.25) is 5.82 Å². The third kappa shape index (κ3) is 5.03. The highest BCUT2D eigenvalue weighted by Crippen LogP contribution is 2.25. The molecule has 0 atom stereocenters. The molecule has 9 nitrogen and oxygen atoms in total. The van der Waals surface area contributed by atoms with E-state index in [2.05, 4.69) is 31.9 Å². The van der Waals surface area contributed by atoms with Crippen LogP contribution < -0.4 is 9.46 Å². The average Bonchev–Trinajstić information content (AvgIpc) is 3.33. The summed E-state index contributed by atoms with van der Waals surface area (Å²) in [6.45, 7) is 2.69. The number of aromatic nitrogens is 5. The molecule has 0 fully saturated rings. The largest absolute Gasteiger partial charge is 0.494 e. The van der Waals surface area contributed by atoms with E-state index in [-0.39, 0.29) is 4.90 Å². The predicted molar refractivity (Wildman–Crippen MR) is 137 cm³/mol. The topological polar surface area (TPSA) is 111 Å². The lowest BCUT2D eigenvalue weighted by Gasteiger charge is -2.11. The maximum atomic E-state index is 13.0. The summed E-state index contributed by atoms with van der Waals surface area (Å²) in [5.74, 6) is 1.16. The van der Waals surface area contributed by atoms with Gasteiger partial charge >= 0.3 is 0 Å². The van der Waals surface area contributed by atoms with Crippen molar-refractivity contribution in [2.24, 2.45) is 0 Å². The van der Waals surface area contributed by atoms with Gasteiger partial charge in [0, 0.05) is 17.4 Å². The van der Waals surface area contributed by atoms with Crippen molar-refractivity contribution in [3.8, 4) is 28.5 Å². The van der Waals surface area contributed by atoms with Crippen LogP contribution in [-0.2, 0) is 10.0 Å². The zero-order chi connectivity index (χ0) is 25.0. The van der Waals surface area contributed by atoms with Gasteiger partial charge in [0.05, 0.1) is 17.2 Å². The Bertz CT molecular complexity index is 1590. The van der Waals surface area contributed by atoms with Crippen LogP contribution in [0, 0.1) is 0 Å². The molecule has 0 bridgehead atoms. The van der Waals surface area contributed by atoms with Gasteiger partial charge in [0.15, 0.2) is 5.65 Å². The van der Waals surface area contributed by atoms with Crippen molar-refractivity contribution in [3.05, 3.63) is 85.1 Å². The van der Waals surface area contributed by atoms with E-state index in [1.54, 1.807) is 41.0 Å². The second kappa shape index (κ2) is 10.1. The third-order valence-electron chi connectivity index (χ3n) is 5.47. The quantitative estimate of drug-likeness (QED) is 0.288. The number of ether oxygens (including phenoxy) is 1. The molecule has 0 saturated heterocycles. The Morgan fingerprint density at radius 3 is 2.56 bits per heavy atom. The minimum atomic E-state index is -3.78. The normalized spacial score (nSPS) is 11.5. The molecule has 5 rings (SSSR count). The van der Waals surface area contributed by atoms with Crippen LogP contribution in [0.2, 0.25) is 0 Å². The van der Waals surface area contributed by atoms with E-state index in [1.165, 1.54) is 12.1 Å². The van der Waals surface area contributed by atoms with Crippen molar-refractivity contribution in [2.45, 2.75) is 24.7 Å². The number of nitrogens with zero attached hydrogens (tertiary/aromatic N) is 5. The van der Waals surface area contributed by atoms with Crippen LogP contribution in [0.25, 0.3) is 28.4 Å². The summed E-state index contributed by atoms with van der Waals surface area (Å²) in [4.78, 5) is 4.49. The van der Waals surface area contributed by atoms with Gasteiger partial charge in [-0.05, 0) is 67.1 Å². The fraction of sp³-hybridized carbons (Fsp3) is 0.154. The van der Waals surface area contributed by atoms with Gasteiger partial charge in [-0.15, -0.1) is 10.2 Å². The Hall–Kier alpha value is -4.31. The Morgan fingerprint density at radius 1 is 0.917 bits per heavy atom. The molecule has 5 aromatic rings. The van der Waals surface area contributed by atoms with E-state index < -0.39 is 10.0 Å². The van der Waals surface area contributed by atoms with E-state index in [0.717, 1.165) is 18.4 Å². The van der Waals surface area contributed by atoms with Crippen molar-refractivity contribution >= 4 is 21.4 Å². The highest BCUT2D eigenvalue weighted by atomic mass is 32.2. The summed E-state index contributed by atoms with van der Waals surface area (Å²) >= 11 is 0. The first kappa shape index (κ1) is 23.4. The van der Waals surface area contributed by atoms with E-state index in [1.807, 2.05) is 36.4 Å². The lowest BCUT2D eigenvalue weighted by Crippen LogP contribution is -2.13. The van der Waals surface area contributed by atoms with Gasteiger partial charge in [-0.3, -0.25) is 9.71 Å². The summed E-state index contributed by atoms with van der Waals surface area (Å²) in [6.07, 6.45) is 3.66. The van der Waals surface area contributed by atoms with E-state index in [4.69, 9.17) is 4.74 Å². The molecule has 0 radical (unpaired) electrons. The van der Waals surface area contributed by atoms with E-state index in [0.29, 0.717) is 40.9 Å². The summed E-state index contributed by atoms with van der Waals surface area (Å²) < 4.78 is 35.8. The number of pyridine rings is 1. The van der Waals surface area contributed by atoms with Crippen LogP contribution in [0.5, 0.6) is 5.75 Å². The van der Waals surface area contributed by atoms with Crippen LogP contribution in [0.3, 0.4) is 0 Å². The van der Waals surface area contributed by atoms with Crippen LogP contribution >= 0.6 is 0 Å². The molecule has 0 aliphatic carbocycles. The number of nitrogens with one attached hydrogen (secondary N) is 1. The van der Waals surface area contributed by atoms with Crippen LogP contribution in [0.4, 0.5) is 5.69 Å². The minimum Gasteiger partial charge on any atom is -0.494 e. The molecule has 3 aromatic heterocycles. The number of rotatable bonds is 9. The zero-order valence-corrected chi connectivity index (χ0v) is 20.4. The first-order valence-electron chi connectivity index (χ1n) is 11.5. The number of anilines is 1. The molecule has 0 spiro atoms. The standard InChI is InChI=1S/C26H24N6O3S/c1-2-3-17-35-21-10-12-22(13-11-21)36(33,34)31-20-8-6-7-19(18-20)23-14-15-25-28-29-26(32(25)30-23)24-9-4-5-16-27-24/h4-16,18,31H,2-3,17H2,1H3. The molecule has 0 unspecified atom stereocenters. The molecule has 182 valence electrons. The molecule has 3 heterocycles. The van der Waals surface area contributed by atoms with Gasteiger partial charge in [-0.25, -0.2) is 8.42 Å². The Morgan fingerprint density at radius 2 is 1.78 bits per heavy atom. The van der Waals surface area contributed by atoms with Gasteiger partial charge in [0.1, 0.15) is 11.4 Å². The molecule has 2 aromatic carbocycles. The molecule has 0 aliphatic heterocycles. The molecule has 0 aliphatic rings. The van der Waals surface area contributed by atoms with Crippen molar-refractivity contribution in [3.63, 3.8) is 0 Å². The molecule has 10 heteroatoms. The van der Waals surface area contributed by atoms with Crippen molar-refractivity contribution in [2.75, 3.05) is 11.3 Å². The van der Waals surface area contributed by atoms with Crippen molar-refractivity contribution in [1.82, 2.24) is 24.8 Å². The average molecular weight is 501 g/mol. The fourth-order valence-corrected chi connectivity index (χ4v) is 4.65. The summed E-state index contributed by atoms with van der Waals surface area (Å²) in [5, 5.41) is 13.1. The lowest BCUT2D eigenvalue weighted by atomic mass is 10.1. The van der Waals surface area contributed by atoms with Crippen LogP contribution in [0.15, 0.2) is 90.0 Å². The molecular formula is C26H24N6O3S. The predicted octanol–water partition coefficient (Wildman–Crippen LogP) is 4.83. The lowest BCUT2D eigenvalue weighted by molar-refractivity contribution is 0.309. The SMILES string of the molecule is CCCCOc1ccc(S(=O)(=O)Nc2cccc(-c3ccc4nnc(-c5ccccn5)n4n3)c2)cc1. The fourth-order valence-electron chi connectivity index (χ4n) is 3.60. The van der Waals surface area contributed by atoms with Crippen molar-refractivity contribution < 1.29 is 13.2 Å². The first-order valence-corrected chi connectivity index (χ1v) is 13.0. The minimum absolute atomic E-state index is 0.153. The van der Waals surface area contributed by atoms with E-state index in [9.17, 15) is 8.42 Å². The number of hydrogen-bond donors (Lipinski definition) is 1. The Kier molecular flexibility index (Phi) is 6.59. The van der Waals surface area contributed by atoms with Crippen molar-refractivity contribution in [1.29, 1.82) is 0 Å². The zero-order valence-electron chi connectivity index (χ0n) is 19.6. The number of sulfonamides is 1. The molecular weight excluding hydrogens is 476 g/mol. The first-order chi connectivity index (χ1) is 17.5. The molecule has 1 N–H and O–H groups in total. The van der Waals surface area contributed by atoms with Gasteiger partial charge in [-0.1, -0.05) is 31.5 Å².